The Balaban J connectivity index is 0.993. The highest BCUT2D eigenvalue weighted by atomic mass is 35.5. The van der Waals surface area contributed by atoms with Gasteiger partial charge in [0.05, 0.1) is 56.0 Å². The van der Waals surface area contributed by atoms with Crippen molar-refractivity contribution in [2.45, 2.75) is 81.6 Å². The third-order valence-corrected chi connectivity index (χ3v) is 11.8. The van der Waals surface area contributed by atoms with Gasteiger partial charge in [-0.3, -0.25) is 19.0 Å². The lowest BCUT2D eigenvalue weighted by Gasteiger charge is -2.27. The Labute approximate surface area is 354 Å². The normalized spacial score (nSPS) is 18.2. The fourth-order valence-electron chi connectivity index (χ4n) is 7.45. The zero-order valence-electron chi connectivity index (χ0n) is 32.7. The summed E-state index contributed by atoms with van der Waals surface area (Å²) in [5.41, 5.74) is -1.25. The number of halogens is 3. The van der Waals surface area contributed by atoms with Gasteiger partial charge in [0, 0.05) is 6.42 Å². The van der Waals surface area contributed by atoms with Crippen LogP contribution in [0.4, 0.5) is 20.8 Å². The molecule has 60 heavy (non-hydrogen) atoms. The summed E-state index contributed by atoms with van der Waals surface area (Å²) in [5.74, 6) is -2.31. The van der Waals surface area contributed by atoms with Crippen LogP contribution < -0.4 is 20.9 Å². The number of anilines is 2. The molecule has 14 nitrogen and oxygen atoms in total. The van der Waals surface area contributed by atoms with Crippen LogP contribution in [0.3, 0.4) is 0 Å². The van der Waals surface area contributed by atoms with E-state index in [0.29, 0.717) is 48.2 Å². The molecule has 3 aromatic carbocycles. The number of benzene rings is 3. The third-order valence-electron chi connectivity index (χ3n) is 11.3. The van der Waals surface area contributed by atoms with Gasteiger partial charge in [-0.1, -0.05) is 65.7 Å². The fraction of sp³-hybridized carbons (Fsp3) is 0.302. The van der Waals surface area contributed by atoms with E-state index >= 15 is 0 Å². The minimum atomic E-state index is -1.45. The quantitative estimate of drug-likeness (QED) is 0.113. The Morgan fingerprint density at radius 2 is 1.62 bits per heavy atom. The number of hydrogen-bond acceptors (Lipinski definition) is 9. The summed E-state index contributed by atoms with van der Waals surface area (Å²) in [6, 6.07) is 24.1. The van der Waals surface area contributed by atoms with Crippen molar-refractivity contribution in [3.05, 3.63) is 135 Å². The molecular weight excluding hydrogens is 812 g/mol. The third kappa shape index (κ3) is 7.41. The van der Waals surface area contributed by atoms with Gasteiger partial charge in [-0.2, -0.15) is 15.5 Å². The van der Waals surface area contributed by atoms with E-state index in [1.54, 1.807) is 57.2 Å². The number of carbonyl (C=O) groups excluding carboxylic acids is 4. The van der Waals surface area contributed by atoms with Gasteiger partial charge in [-0.05, 0) is 94.0 Å². The maximum Gasteiger partial charge on any atom is 0.408 e. The van der Waals surface area contributed by atoms with Gasteiger partial charge in [0.25, 0.3) is 11.8 Å². The van der Waals surface area contributed by atoms with Gasteiger partial charge in [0.2, 0.25) is 11.9 Å². The average Bonchev–Trinajstić information content (AvgIpc) is 4.14. The van der Waals surface area contributed by atoms with E-state index in [1.807, 2.05) is 30.3 Å². The van der Waals surface area contributed by atoms with Crippen molar-refractivity contribution in [3.8, 4) is 6.07 Å². The molecule has 1 atom stereocenters. The standard InChI is InChI=1S/C43H38Cl2FN9O5/c1-40(2,51-39(59)60-24-27-7-5-4-6-8-27)32-13-14-33(53-52-32)42(15-16-42)50-36(57)43(17-18-43)49-35(56)31-23-48-38-54(28-19-29(44)34(46)30(45)20-28)37(58)41(3,55(31)38)21-25-9-11-26(22-47)12-10-25/h4-14,19-20,23H,15-18,21,24H2,1-3H3,(H,49,56)(H,50,57)(H,51,59). The molecule has 0 spiro atoms. The predicted molar refractivity (Wildman–Crippen MR) is 218 cm³/mol. The molecule has 3 N–H and O–H groups in total. The second-order valence-electron chi connectivity index (χ2n) is 16.1. The van der Waals surface area contributed by atoms with E-state index in [1.165, 1.54) is 27.8 Å². The number of aromatic nitrogens is 4. The second-order valence-corrected chi connectivity index (χ2v) is 16.9. The minimum Gasteiger partial charge on any atom is -0.445 e. The van der Waals surface area contributed by atoms with Gasteiger partial charge in [0.15, 0.2) is 5.82 Å². The van der Waals surface area contributed by atoms with Crippen molar-refractivity contribution in [3.63, 3.8) is 0 Å². The molecule has 1 aliphatic heterocycles. The van der Waals surface area contributed by atoms with Crippen molar-refractivity contribution >= 4 is 58.7 Å². The molecule has 2 aromatic heterocycles. The summed E-state index contributed by atoms with van der Waals surface area (Å²) in [6.45, 7) is 5.33. The summed E-state index contributed by atoms with van der Waals surface area (Å²) < 4.78 is 21.4. The van der Waals surface area contributed by atoms with E-state index in [0.717, 1.165) is 5.56 Å². The van der Waals surface area contributed by atoms with E-state index < -0.39 is 51.8 Å². The molecule has 2 fully saturated rings. The molecule has 0 saturated heterocycles. The largest absolute Gasteiger partial charge is 0.445 e. The van der Waals surface area contributed by atoms with Crippen LogP contribution >= 0.6 is 23.2 Å². The number of carbonyl (C=O) groups is 4. The Morgan fingerprint density at radius 3 is 2.22 bits per heavy atom. The van der Waals surface area contributed by atoms with Crippen LogP contribution in [0, 0.1) is 17.1 Å². The van der Waals surface area contributed by atoms with Crippen molar-refractivity contribution in [2.24, 2.45) is 0 Å². The maximum absolute atomic E-state index is 14.5. The van der Waals surface area contributed by atoms with Gasteiger partial charge in [0.1, 0.15) is 23.4 Å². The molecule has 2 aliphatic carbocycles. The second kappa shape index (κ2) is 15.0. The van der Waals surface area contributed by atoms with Gasteiger partial charge in [-0.15, -0.1) is 0 Å². The summed E-state index contributed by atoms with van der Waals surface area (Å²) in [6.07, 6.45) is 2.73. The van der Waals surface area contributed by atoms with Crippen molar-refractivity contribution in [1.82, 2.24) is 35.7 Å². The number of fused-ring (bicyclic) bond motifs is 1. The first-order chi connectivity index (χ1) is 28.6. The average molecular weight is 851 g/mol. The zero-order valence-corrected chi connectivity index (χ0v) is 34.2. The van der Waals surface area contributed by atoms with Crippen LogP contribution in [0.2, 0.25) is 10.0 Å². The highest BCUT2D eigenvalue weighted by Gasteiger charge is 2.58. The van der Waals surface area contributed by atoms with E-state index in [2.05, 4.69) is 37.2 Å². The molecule has 2 saturated carbocycles. The van der Waals surface area contributed by atoms with Crippen molar-refractivity contribution in [2.75, 3.05) is 4.90 Å². The smallest absolute Gasteiger partial charge is 0.408 e. The number of hydrogen-bond donors (Lipinski definition) is 3. The molecule has 3 aliphatic rings. The van der Waals surface area contributed by atoms with E-state index in [9.17, 15) is 28.8 Å². The van der Waals surface area contributed by atoms with Crippen LogP contribution in [-0.2, 0) is 44.0 Å². The molecule has 306 valence electrons. The molecule has 0 bridgehead atoms. The fourth-order valence-corrected chi connectivity index (χ4v) is 7.92. The number of rotatable bonds is 12. The Hall–Kier alpha value is -6.37. The van der Waals surface area contributed by atoms with Crippen LogP contribution in [-0.4, -0.2) is 49.1 Å². The summed E-state index contributed by atoms with van der Waals surface area (Å²) in [7, 11) is 0. The van der Waals surface area contributed by atoms with Gasteiger partial charge in [-0.25, -0.2) is 19.1 Å². The highest BCUT2D eigenvalue weighted by Crippen LogP contribution is 2.48. The first-order valence-electron chi connectivity index (χ1n) is 19.1. The van der Waals surface area contributed by atoms with Gasteiger partial charge < -0.3 is 20.7 Å². The number of ether oxygens (including phenoxy) is 1. The SMILES string of the molecule is CC(C)(NC(=O)OCc1ccccc1)c1ccc(C2(NC(=O)C3(NC(=O)c4cnc5n4C(C)(Cc4ccc(C#N)cc4)C(=O)N5c4cc(Cl)c(F)c(Cl)c4)CC3)CC2)nn1. The highest BCUT2D eigenvalue weighted by molar-refractivity contribution is 6.35. The molecule has 4 amide bonds. The summed E-state index contributed by atoms with van der Waals surface area (Å²) >= 11 is 12.3. The van der Waals surface area contributed by atoms with Crippen LogP contribution in [0.1, 0.15) is 85.0 Å². The van der Waals surface area contributed by atoms with Crippen molar-refractivity contribution in [1.29, 1.82) is 5.26 Å². The molecule has 3 heterocycles. The number of nitriles is 1. The molecule has 1 unspecified atom stereocenters. The van der Waals surface area contributed by atoms with Crippen LogP contribution in [0.15, 0.2) is 85.1 Å². The molecular formula is C43H38Cl2FN9O5. The lowest BCUT2D eigenvalue weighted by Crippen LogP contribution is -2.52. The summed E-state index contributed by atoms with van der Waals surface area (Å²) in [4.78, 5) is 61.0. The summed E-state index contributed by atoms with van der Waals surface area (Å²) in [5, 5.41) is 26.4. The number of amides is 4. The number of imidazole rings is 1. The zero-order chi connectivity index (χ0) is 42.6. The first-order valence-corrected chi connectivity index (χ1v) is 19.9. The van der Waals surface area contributed by atoms with E-state index in [-0.39, 0.29) is 40.4 Å². The monoisotopic (exact) mass is 849 g/mol. The maximum atomic E-state index is 14.5. The Kier molecular flexibility index (Phi) is 10.1. The minimum absolute atomic E-state index is 0.0122. The number of nitrogens with zero attached hydrogens (tertiary/aromatic N) is 6. The number of alkyl carbamates (subject to hydrolysis) is 1. The van der Waals surface area contributed by atoms with Gasteiger partial charge >= 0.3 is 6.09 Å². The molecule has 8 rings (SSSR count). The lowest BCUT2D eigenvalue weighted by atomic mass is 9.91. The number of nitrogens with one attached hydrogen (secondary N) is 3. The lowest BCUT2D eigenvalue weighted by molar-refractivity contribution is -0.125. The predicted octanol–water partition coefficient (Wildman–Crippen LogP) is 6.86. The van der Waals surface area contributed by atoms with Crippen molar-refractivity contribution < 1.29 is 28.3 Å². The first kappa shape index (κ1) is 40.4. The Bertz CT molecular complexity index is 2560. The van der Waals surface area contributed by atoms with Crippen LogP contribution in [0.5, 0.6) is 0 Å². The molecule has 5 aromatic rings. The Morgan fingerprint density at radius 1 is 0.933 bits per heavy atom. The molecule has 0 radical (unpaired) electrons. The van der Waals surface area contributed by atoms with Crippen LogP contribution in [0.25, 0.3) is 0 Å². The van der Waals surface area contributed by atoms with E-state index in [4.69, 9.17) is 27.9 Å². The molecule has 17 heteroatoms. The topological polar surface area (TPSA) is 184 Å².